The van der Waals surface area contributed by atoms with Crippen molar-refractivity contribution in [3.8, 4) is 0 Å². The van der Waals surface area contributed by atoms with Crippen LogP contribution in [0, 0.1) is 5.92 Å². The summed E-state index contributed by atoms with van der Waals surface area (Å²) in [6.45, 7) is 1.92. The van der Waals surface area contributed by atoms with E-state index < -0.39 is 40.8 Å². The van der Waals surface area contributed by atoms with E-state index >= 15 is 0 Å². The van der Waals surface area contributed by atoms with Gasteiger partial charge in [-0.3, -0.25) is 19.2 Å². The maximum absolute atomic E-state index is 13.2. The van der Waals surface area contributed by atoms with Crippen molar-refractivity contribution >= 4 is 52.5 Å². The van der Waals surface area contributed by atoms with Crippen molar-refractivity contribution in [2.24, 2.45) is 5.92 Å². The molecule has 3 atom stereocenters. The summed E-state index contributed by atoms with van der Waals surface area (Å²) in [7, 11) is 1.20. The molecule has 2 aliphatic heterocycles. The van der Waals surface area contributed by atoms with E-state index in [1.165, 1.54) is 31.4 Å². The summed E-state index contributed by atoms with van der Waals surface area (Å²) in [5.74, 6) is -4.26. The van der Waals surface area contributed by atoms with E-state index in [1.54, 1.807) is 6.92 Å². The number of nitrogens with zero attached hydrogens (tertiary/aromatic N) is 1. The lowest BCUT2D eigenvalue weighted by atomic mass is 9.89. The number of H-pyrrole nitrogens is 1. The normalized spacial score (nSPS) is 22.5. The maximum Gasteiger partial charge on any atom is 0.338 e. The van der Waals surface area contributed by atoms with Gasteiger partial charge >= 0.3 is 16.8 Å². The number of ether oxygens (including phenoxy) is 2. The fourth-order valence-corrected chi connectivity index (χ4v) is 6.09. The molecule has 2 aromatic rings. The van der Waals surface area contributed by atoms with Gasteiger partial charge in [0.25, 0.3) is 0 Å². The fraction of sp³-hybridized carbons (Fsp3) is 0.316. The molecular formula is C19H16N2O7S2. The number of thiazole rings is 1. The Kier molecular flexibility index (Phi) is 5.24. The number of aromatic nitrogens is 1. The van der Waals surface area contributed by atoms with Crippen molar-refractivity contribution < 1.29 is 28.7 Å². The van der Waals surface area contributed by atoms with Crippen LogP contribution in [0.2, 0.25) is 0 Å². The van der Waals surface area contributed by atoms with Crippen LogP contribution in [0.4, 0.5) is 5.69 Å². The fourth-order valence-electron chi connectivity index (χ4n) is 3.61. The number of carbonyl (C=O) groups excluding carboxylic acids is 4. The molecule has 156 valence electrons. The van der Waals surface area contributed by atoms with Crippen molar-refractivity contribution in [3.05, 3.63) is 44.4 Å². The average Bonchev–Trinajstić information content (AvgIpc) is 3.22. The highest BCUT2D eigenvalue weighted by molar-refractivity contribution is 8.00. The van der Waals surface area contributed by atoms with Crippen LogP contribution in [-0.4, -0.2) is 47.7 Å². The quantitative estimate of drug-likeness (QED) is 0.552. The van der Waals surface area contributed by atoms with Gasteiger partial charge in [-0.15, -0.1) is 0 Å². The SMILES string of the molecule is CCOC(=O)c1ccc(N2C(=O)[C@@H]3[C@H](Sc4[nH]c(=O)sc4[C@H]3C(=O)OC)C2=O)cc1. The van der Waals surface area contributed by atoms with Crippen molar-refractivity contribution in [1.29, 1.82) is 0 Å². The number of imide groups is 1. The zero-order valence-corrected chi connectivity index (χ0v) is 17.5. The second kappa shape index (κ2) is 7.73. The Morgan fingerprint density at radius 1 is 1.13 bits per heavy atom. The van der Waals surface area contributed by atoms with Gasteiger partial charge in [0, 0.05) is 0 Å². The molecule has 9 nitrogen and oxygen atoms in total. The largest absolute Gasteiger partial charge is 0.469 e. The number of aromatic amines is 1. The van der Waals surface area contributed by atoms with Gasteiger partial charge in [-0.05, 0) is 31.2 Å². The molecule has 0 unspecified atom stereocenters. The first-order chi connectivity index (χ1) is 14.4. The van der Waals surface area contributed by atoms with E-state index in [9.17, 15) is 24.0 Å². The predicted octanol–water partition coefficient (Wildman–Crippen LogP) is 1.53. The third-order valence-corrected chi connectivity index (χ3v) is 7.32. The van der Waals surface area contributed by atoms with Crippen molar-refractivity contribution in [1.82, 2.24) is 4.98 Å². The number of thioether (sulfide) groups is 1. The Morgan fingerprint density at radius 3 is 2.47 bits per heavy atom. The van der Waals surface area contributed by atoms with Gasteiger partial charge in [0.1, 0.15) is 11.2 Å². The highest BCUT2D eigenvalue weighted by Crippen LogP contribution is 2.51. The number of anilines is 1. The Morgan fingerprint density at radius 2 is 1.83 bits per heavy atom. The zero-order chi connectivity index (χ0) is 21.6. The van der Waals surface area contributed by atoms with Gasteiger partial charge in [-0.2, -0.15) is 0 Å². The molecule has 3 heterocycles. The van der Waals surface area contributed by atoms with E-state index in [-0.39, 0.29) is 17.2 Å². The molecule has 1 fully saturated rings. The molecule has 2 aliphatic rings. The number of amides is 2. The first-order valence-electron chi connectivity index (χ1n) is 8.99. The Labute approximate surface area is 178 Å². The molecule has 0 radical (unpaired) electrons. The molecule has 4 rings (SSSR count). The Bertz CT molecular complexity index is 1100. The number of rotatable bonds is 4. The van der Waals surface area contributed by atoms with Gasteiger partial charge < -0.3 is 14.5 Å². The first-order valence-corrected chi connectivity index (χ1v) is 10.7. The summed E-state index contributed by atoms with van der Waals surface area (Å²) in [4.78, 5) is 66.1. The predicted molar refractivity (Wildman–Crippen MR) is 108 cm³/mol. The minimum absolute atomic E-state index is 0.228. The third kappa shape index (κ3) is 3.14. The number of carbonyl (C=O) groups is 4. The smallest absolute Gasteiger partial charge is 0.338 e. The molecule has 0 aliphatic carbocycles. The number of hydrogen-bond acceptors (Lipinski definition) is 9. The molecule has 0 spiro atoms. The number of esters is 2. The van der Waals surface area contributed by atoms with Crippen LogP contribution in [-0.2, 0) is 23.9 Å². The van der Waals surface area contributed by atoms with E-state index in [1.807, 2.05) is 0 Å². The second-order valence-corrected chi connectivity index (χ2v) is 8.72. The number of benzene rings is 1. The lowest BCUT2D eigenvalue weighted by Gasteiger charge is -2.27. The monoisotopic (exact) mass is 448 g/mol. The molecule has 1 aromatic carbocycles. The minimum atomic E-state index is -1.04. The molecule has 1 saturated heterocycles. The van der Waals surface area contributed by atoms with Gasteiger partial charge in [-0.25, -0.2) is 9.69 Å². The zero-order valence-electron chi connectivity index (χ0n) is 15.9. The van der Waals surface area contributed by atoms with Crippen LogP contribution < -0.4 is 9.77 Å². The minimum Gasteiger partial charge on any atom is -0.469 e. The van der Waals surface area contributed by atoms with Crippen LogP contribution in [0.5, 0.6) is 0 Å². The molecule has 11 heteroatoms. The molecule has 30 heavy (non-hydrogen) atoms. The molecule has 0 saturated carbocycles. The van der Waals surface area contributed by atoms with Crippen LogP contribution in [0.3, 0.4) is 0 Å². The summed E-state index contributed by atoms with van der Waals surface area (Å²) >= 11 is 1.90. The van der Waals surface area contributed by atoms with Gasteiger partial charge in [0.15, 0.2) is 0 Å². The summed E-state index contributed by atoms with van der Waals surface area (Å²) in [5, 5.41) is -0.466. The lowest BCUT2D eigenvalue weighted by molar-refractivity contribution is -0.145. The van der Waals surface area contributed by atoms with Crippen LogP contribution in [0.15, 0.2) is 34.1 Å². The number of nitrogens with one attached hydrogen (secondary N) is 1. The van der Waals surface area contributed by atoms with E-state index in [0.717, 1.165) is 28.0 Å². The molecule has 0 bridgehead atoms. The third-order valence-electron chi connectivity index (χ3n) is 4.92. The van der Waals surface area contributed by atoms with Crippen molar-refractivity contribution in [2.75, 3.05) is 18.6 Å². The van der Waals surface area contributed by atoms with Crippen molar-refractivity contribution in [2.45, 2.75) is 23.1 Å². The number of fused-ring (bicyclic) bond motifs is 2. The summed E-state index contributed by atoms with van der Waals surface area (Å²) < 4.78 is 9.80. The summed E-state index contributed by atoms with van der Waals surface area (Å²) in [6.07, 6.45) is 0. The van der Waals surface area contributed by atoms with Crippen molar-refractivity contribution in [3.63, 3.8) is 0 Å². The van der Waals surface area contributed by atoms with Gasteiger partial charge in [-0.1, -0.05) is 23.1 Å². The average molecular weight is 448 g/mol. The molecule has 2 amide bonds. The number of methoxy groups -OCH3 is 1. The van der Waals surface area contributed by atoms with Crippen LogP contribution in [0.1, 0.15) is 28.1 Å². The lowest BCUT2D eigenvalue weighted by Crippen LogP contribution is -2.35. The summed E-state index contributed by atoms with van der Waals surface area (Å²) in [6, 6.07) is 5.90. The highest BCUT2D eigenvalue weighted by atomic mass is 32.2. The molecule has 1 aromatic heterocycles. The Hall–Kier alpha value is -2.92. The highest BCUT2D eigenvalue weighted by Gasteiger charge is 2.58. The first kappa shape index (κ1) is 20.4. The maximum atomic E-state index is 13.2. The van der Waals surface area contributed by atoms with Crippen LogP contribution in [0.25, 0.3) is 0 Å². The standard InChI is InChI=1S/C19H16N2O7S2/c1-3-28-17(24)8-4-6-9(7-5-8)21-15(22)10-11(18(25)27-2)12-14(20-19(26)30-12)29-13(10)16(21)23/h4-7,10-11,13H,3H2,1-2H3,(H,20,26)/t10-,11-,13-/m0/s1. The second-order valence-electron chi connectivity index (χ2n) is 6.55. The van der Waals surface area contributed by atoms with Gasteiger partial charge in [0.2, 0.25) is 11.8 Å². The van der Waals surface area contributed by atoms with E-state index in [0.29, 0.717) is 15.5 Å². The Balaban J connectivity index is 1.70. The number of hydrogen-bond donors (Lipinski definition) is 1. The summed E-state index contributed by atoms with van der Waals surface area (Å²) in [5.41, 5.74) is 0.576. The van der Waals surface area contributed by atoms with Gasteiger partial charge in [0.05, 0.1) is 40.8 Å². The molecular weight excluding hydrogens is 432 g/mol. The molecule has 1 N–H and O–H groups in total. The van der Waals surface area contributed by atoms with Crippen LogP contribution >= 0.6 is 23.1 Å². The van der Waals surface area contributed by atoms with E-state index in [4.69, 9.17) is 9.47 Å². The topological polar surface area (TPSA) is 123 Å². The van der Waals surface area contributed by atoms with E-state index in [2.05, 4.69) is 4.98 Å².